The van der Waals surface area contributed by atoms with Crippen LogP contribution in [0.15, 0.2) is 52.5 Å². The molecular weight excluding hydrogens is 392 g/mol. The number of hydrogen-bond donors (Lipinski definition) is 2. The van der Waals surface area contributed by atoms with Crippen LogP contribution < -0.4 is 20.5 Å². The topological polar surface area (TPSA) is 88.6 Å². The number of methoxy groups -OCH3 is 1. The Labute approximate surface area is 173 Å². The van der Waals surface area contributed by atoms with Gasteiger partial charge in [-0.2, -0.15) is 10.2 Å². The first-order valence-corrected chi connectivity index (χ1v) is 9.25. The molecule has 150 valence electrons. The van der Waals surface area contributed by atoms with Crippen molar-refractivity contribution in [3.8, 4) is 11.5 Å². The van der Waals surface area contributed by atoms with Gasteiger partial charge in [0.15, 0.2) is 11.5 Å². The van der Waals surface area contributed by atoms with E-state index in [1.807, 2.05) is 12.1 Å². The van der Waals surface area contributed by atoms with Gasteiger partial charge in [0.25, 0.3) is 5.56 Å². The van der Waals surface area contributed by atoms with Crippen LogP contribution in [0.3, 0.4) is 0 Å². The van der Waals surface area contributed by atoms with Crippen molar-refractivity contribution in [3.63, 3.8) is 0 Å². The second kappa shape index (κ2) is 9.25. The third-order valence-corrected chi connectivity index (χ3v) is 4.64. The molecule has 8 heteroatoms. The van der Waals surface area contributed by atoms with Gasteiger partial charge >= 0.3 is 0 Å². The van der Waals surface area contributed by atoms with Crippen molar-refractivity contribution in [2.24, 2.45) is 5.10 Å². The summed E-state index contributed by atoms with van der Waals surface area (Å²) in [5, 5.41) is 9.99. The third kappa shape index (κ3) is 5.14. The second-order valence-corrected chi connectivity index (χ2v) is 6.80. The van der Waals surface area contributed by atoms with Crippen LogP contribution in [0.4, 0.5) is 5.69 Å². The molecule has 0 radical (unpaired) electrons. The Balaban J connectivity index is 1.70. The van der Waals surface area contributed by atoms with Gasteiger partial charge in [0, 0.05) is 0 Å². The summed E-state index contributed by atoms with van der Waals surface area (Å²) in [5.41, 5.74) is 6.80. The van der Waals surface area contributed by atoms with Crippen molar-refractivity contribution >= 4 is 23.5 Å². The van der Waals surface area contributed by atoms with Crippen molar-refractivity contribution in [1.29, 1.82) is 0 Å². The summed E-state index contributed by atoms with van der Waals surface area (Å²) in [7, 11) is 1.58. The lowest BCUT2D eigenvalue weighted by Crippen LogP contribution is -2.10. The van der Waals surface area contributed by atoms with Gasteiger partial charge in [0.2, 0.25) is 0 Å². The van der Waals surface area contributed by atoms with E-state index in [1.165, 1.54) is 17.3 Å². The molecule has 3 rings (SSSR count). The Morgan fingerprint density at radius 1 is 1.21 bits per heavy atom. The highest BCUT2D eigenvalue weighted by Crippen LogP contribution is 2.29. The zero-order valence-corrected chi connectivity index (χ0v) is 17.1. The normalized spacial score (nSPS) is 10.9. The van der Waals surface area contributed by atoms with Crippen molar-refractivity contribution < 1.29 is 9.47 Å². The summed E-state index contributed by atoms with van der Waals surface area (Å²) < 4.78 is 11.4. The first-order valence-electron chi connectivity index (χ1n) is 8.87. The van der Waals surface area contributed by atoms with E-state index in [9.17, 15) is 4.79 Å². The molecule has 0 atom stereocenters. The van der Waals surface area contributed by atoms with E-state index in [0.717, 1.165) is 11.1 Å². The Morgan fingerprint density at radius 3 is 2.83 bits per heavy atom. The number of hydrogen-bond acceptors (Lipinski definition) is 6. The van der Waals surface area contributed by atoms with E-state index < -0.39 is 5.56 Å². The largest absolute Gasteiger partial charge is 0.493 e. The number of hydrazone groups is 1. The number of anilines is 1. The molecule has 0 aliphatic carbocycles. The summed E-state index contributed by atoms with van der Waals surface area (Å²) in [6, 6.07) is 11.8. The predicted molar refractivity (Wildman–Crippen MR) is 114 cm³/mol. The van der Waals surface area contributed by atoms with Gasteiger partial charge in [0.1, 0.15) is 17.3 Å². The smallest absolute Gasteiger partial charge is 0.285 e. The number of aromatic nitrogens is 2. The predicted octanol–water partition coefficient (Wildman–Crippen LogP) is 4.07. The van der Waals surface area contributed by atoms with Crippen LogP contribution in [0.5, 0.6) is 11.5 Å². The Morgan fingerprint density at radius 2 is 2.03 bits per heavy atom. The highest BCUT2D eigenvalue weighted by molar-refractivity contribution is 6.32. The van der Waals surface area contributed by atoms with Gasteiger partial charge in [-0.15, -0.1) is 0 Å². The van der Waals surface area contributed by atoms with E-state index in [1.54, 1.807) is 19.4 Å². The van der Waals surface area contributed by atoms with Crippen molar-refractivity contribution in [2.75, 3.05) is 12.5 Å². The molecule has 7 nitrogen and oxygen atoms in total. The summed E-state index contributed by atoms with van der Waals surface area (Å²) in [5.74, 6) is 1.23. The number of rotatable bonds is 7. The fourth-order valence-electron chi connectivity index (χ4n) is 2.63. The number of aromatic amines is 1. The van der Waals surface area contributed by atoms with E-state index in [4.69, 9.17) is 21.1 Å². The zero-order chi connectivity index (χ0) is 20.8. The summed E-state index contributed by atoms with van der Waals surface area (Å²) >= 11 is 5.89. The maximum absolute atomic E-state index is 11.4. The van der Waals surface area contributed by atoms with Crippen LogP contribution in [0.25, 0.3) is 0 Å². The van der Waals surface area contributed by atoms with Gasteiger partial charge in [-0.25, -0.2) is 5.10 Å². The lowest BCUT2D eigenvalue weighted by Gasteiger charge is -2.13. The zero-order valence-electron chi connectivity index (χ0n) is 16.3. The molecule has 29 heavy (non-hydrogen) atoms. The van der Waals surface area contributed by atoms with Gasteiger partial charge < -0.3 is 9.47 Å². The van der Waals surface area contributed by atoms with Gasteiger partial charge in [0.05, 0.1) is 19.5 Å². The van der Waals surface area contributed by atoms with Gasteiger partial charge in [-0.05, 0) is 48.7 Å². The number of nitrogens with one attached hydrogen (secondary N) is 2. The second-order valence-electron chi connectivity index (χ2n) is 6.43. The van der Waals surface area contributed by atoms with Crippen LogP contribution >= 0.6 is 11.6 Å². The highest BCUT2D eigenvalue weighted by Gasteiger charge is 2.07. The number of aryl methyl sites for hydroxylation is 2. The standard InChI is InChI=1S/C21H21ClN4O3/c1-13-4-5-14(2)16(8-13)12-29-18-7-6-15(9-19(18)28-3)10-23-25-17-11-24-26-21(27)20(17)22/h4-11H,12H2,1-3H3,(H2,25,26,27)/b23-10-. The summed E-state index contributed by atoms with van der Waals surface area (Å²) in [6.45, 7) is 4.57. The molecule has 3 aromatic rings. The van der Waals surface area contributed by atoms with Crippen LogP contribution in [0, 0.1) is 13.8 Å². The maximum atomic E-state index is 11.4. The molecule has 0 fully saturated rings. The molecule has 1 aromatic heterocycles. The molecule has 0 spiro atoms. The number of benzene rings is 2. The molecule has 0 bridgehead atoms. The molecule has 0 saturated heterocycles. The summed E-state index contributed by atoms with van der Waals surface area (Å²) in [6.07, 6.45) is 2.96. The first kappa shape index (κ1) is 20.4. The van der Waals surface area contributed by atoms with Crippen LogP contribution in [-0.2, 0) is 6.61 Å². The Hall–Kier alpha value is -3.32. The molecule has 0 saturated carbocycles. The average molecular weight is 413 g/mol. The molecule has 2 aromatic carbocycles. The fourth-order valence-corrected chi connectivity index (χ4v) is 2.77. The number of nitrogens with zero attached hydrogens (tertiary/aromatic N) is 2. The quantitative estimate of drug-likeness (QED) is 0.451. The van der Waals surface area contributed by atoms with E-state index >= 15 is 0 Å². The minimum Gasteiger partial charge on any atom is -0.493 e. The maximum Gasteiger partial charge on any atom is 0.285 e. The highest BCUT2D eigenvalue weighted by atomic mass is 35.5. The minimum absolute atomic E-state index is 0.00933. The lowest BCUT2D eigenvalue weighted by molar-refractivity contribution is 0.284. The number of H-pyrrole nitrogens is 1. The van der Waals surface area contributed by atoms with Gasteiger partial charge in [-0.1, -0.05) is 35.4 Å². The third-order valence-electron chi connectivity index (χ3n) is 4.27. The monoisotopic (exact) mass is 412 g/mol. The van der Waals surface area contributed by atoms with Gasteiger partial charge in [-0.3, -0.25) is 10.2 Å². The fraction of sp³-hybridized carbons (Fsp3) is 0.190. The molecule has 0 aliphatic rings. The molecular formula is C21H21ClN4O3. The summed E-state index contributed by atoms with van der Waals surface area (Å²) in [4.78, 5) is 11.4. The number of ether oxygens (including phenoxy) is 2. The Kier molecular flexibility index (Phi) is 6.51. The average Bonchev–Trinajstić information content (AvgIpc) is 2.72. The molecule has 0 amide bonds. The van der Waals surface area contributed by atoms with E-state index in [2.05, 4.69) is 52.8 Å². The Bertz CT molecular complexity index is 1100. The van der Waals surface area contributed by atoms with E-state index in [-0.39, 0.29) is 5.02 Å². The molecule has 1 heterocycles. The van der Waals surface area contributed by atoms with Crippen molar-refractivity contribution in [2.45, 2.75) is 20.5 Å². The molecule has 2 N–H and O–H groups in total. The lowest BCUT2D eigenvalue weighted by atomic mass is 10.1. The number of halogens is 1. The van der Waals surface area contributed by atoms with Crippen LogP contribution in [0.2, 0.25) is 5.02 Å². The molecule has 0 aliphatic heterocycles. The van der Waals surface area contributed by atoms with E-state index in [0.29, 0.717) is 23.8 Å². The minimum atomic E-state index is -0.487. The van der Waals surface area contributed by atoms with Crippen molar-refractivity contribution in [3.05, 3.63) is 80.2 Å². The van der Waals surface area contributed by atoms with Crippen molar-refractivity contribution in [1.82, 2.24) is 10.2 Å². The SMILES string of the molecule is COc1cc(/C=N\Nc2cn[nH]c(=O)c2Cl)ccc1OCc1cc(C)ccc1C. The van der Waals surface area contributed by atoms with Crippen LogP contribution in [-0.4, -0.2) is 23.5 Å². The molecule has 0 unspecified atom stereocenters. The van der Waals surface area contributed by atoms with Crippen LogP contribution in [0.1, 0.15) is 22.3 Å². The first-order chi connectivity index (χ1) is 14.0.